The molecule has 0 aromatic carbocycles. The van der Waals surface area contributed by atoms with Crippen molar-refractivity contribution in [3.63, 3.8) is 0 Å². The monoisotopic (exact) mass is 158 g/mol. The number of hydrogen-bond acceptors (Lipinski definition) is 2. The molecule has 0 rings (SSSR count). The summed E-state index contributed by atoms with van der Waals surface area (Å²) in [6, 6.07) is 0. The Morgan fingerprint density at radius 1 is 1.45 bits per heavy atom. The molecule has 65 valence electrons. The van der Waals surface area contributed by atoms with Gasteiger partial charge in [0.1, 0.15) is 6.54 Å². The standard InChI is InChI=1S/C8H16NO2/c1-3-4-5-6-11-8(10)7-9-2/h3-7H2,1-2H3. The number of nitrogens with zero attached hydrogens (tertiary/aromatic N) is 1. The number of carbonyl (C=O) groups is 1. The average Bonchev–Trinajstić information content (AvgIpc) is 1.99. The van der Waals surface area contributed by atoms with Crippen LogP contribution < -0.4 is 5.32 Å². The van der Waals surface area contributed by atoms with Crippen LogP contribution in [0.5, 0.6) is 0 Å². The molecule has 0 bridgehead atoms. The van der Waals surface area contributed by atoms with Crippen molar-refractivity contribution >= 4 is 5.97 Å². The van der Waals surface area contributed by atoms with E-state index in [9.17, 15) is 4.79 Å². The van der Waals surface area contributed by atoms with Crippen molar-refractivity contribution in [3.05, 3.63) is 0 Å². The molecule has 0 aliphatic heterocycles. The Bertz CT molecular complexity index is 104. The molecular weight excluding hydrogens is 142 g/mol. The molecule has 0 spiro atoms. The zero-order valence-corrected chi connectivity index (χ0v) is 7.30. The first-order valence-corrected chi connectivity index (χ1v) is 4.02. The zero-order valence-electron chi connectivity index (χ0n) is 7.30. The third kappa shape index (κ3) is 7.33. The van der Waals surface area contributed by atoms with E-state index in [4.69, 9.17) is 4.74 Å². The summed E-state index contributed by atoms with van der Waals surface area (Å²) >= 11 is 0. The van der Waals surface area contributed by atoms with Gasteiger partial charge in [-0.1, -0.05) is 19.8 Å². The molecule has 1 radical (unpaired) electrons. The molecule has 0 aliphatic rings. The Kier molecular flexibility index (Phi) is 7.15. The highest BCUT2D eigenvalue weighted by Gasteiger charge is 1.98. The highest BCUT2D eigenvalue weighted by Crippen LogP contribution is 1.93. The first kappa shape index (κ1) is 10.4. The lowest BCUT2D eigenvalue weighted by atomic mass is 10.3. The van der Waals surface area contributed by atoms with Crippen molar-refractivity contribution in [1.29, 1.82) is 0 Å². The molecule has 0 atom stereocenters. The molecule has 0 heterocycles. The second kappa shape index (κ2) is 7.54. The zero-order chi connectivity index (χ0) is 8.53. The van der Waals surface area contributed by atoms with Gasteiger partial charge >= 0.3 is 5.97 Å². The van der Waals surface area contributed by atoms with Crippen LogP contribution in [0.3, 0.4) is 0 Å². The van der Waals surface area contributed by atoms with Crippen LogP contribution in [0, 0.1) is 0 Å². The topological polar surface area (TPSA) is 40.4 Å². The number of rotatable bonds is 6. The van der Waals surface area contributed by atoms with E-state index in [2.05, 4.69) is 12.2 Å². The lowest BCUT2D eigenvalue weighted by Gasteiger charge is -2.01. The molecule has 0 aliphatic carbocycles. The molecule has 11 heavy (non-hydrogen) atoms. The Morgan fingerprint density at radius 3 is 2.73 bits per heavy atom. The van der Waals surface area contributed by atoms with Gasteiger partial charge in [-0.05, 0) is 6.42 Å². The molecule has 0 amide bonds. The van der Waals surface area contributed by atoms with Gasteiger partial charge in [0, 0.05) is 7.05 Å². The maximum Gasteiger partial charge on any atom is 0.321 e. The Balaban J connectivity index is 3.04. The summed E-state index contributed by atoms with van der Waals surface area (Å²) < 4.78 is 4.85. The molecule has 0 aromatic rings. The number of unbranched alkanes of at least 4 members (excludes halogenated alkanes) is 2. The van der Waals surface area contributed by atoms with E-state index in [0.717, 1.165) is 19.3 Å². The van der Waals surface area contributed by atoms with Crippen LogP contribution >= 0.6 is 0 Å². The summed E-state index contributed by atoms with van der Waals surface area (Å²) in [5, 5.41) is 3.66. The fourth-order valence-electron chi connectivity index (χ4n) is 0.713. The first-order chi connectivity index (χ1) is 5.31. The maximum atomic E-state index is 10.7. The molecule has 0 saturated carbocycles. The summed E-state index contributed by atoms with van der Waals surface area (Å²) in [6.07, 6.45) is 3.23. The third-order valence-corrected chi connectivity index (χ3v) is 1.30. The molecule has 0 N–H and O–H groups in total. The summed E-state index contributed by atoms with van der Waals surface area (Å²) in [7, 11) is 1.60. The van der Waals surface area contributed by atoms with E-state index < -0.39 is 0 Å². The predicted octanol–water partition coefficient (Wildman–Crippen LogP) is 0.954. The largest absolute Gasteiger partial charge is 0.465 e. The smallest absolute Gasteiger partial charge is 0.321 e. The van der Waals surface area contributed by atoms with Crippen molar-refractivity contribution in [2.24, 2.45) is 0 Å². The molecular formula is C8H16NO2. The summed E-state index contributed by atoms with van der Waals surface area (Å²) in [4.78, 5) is 10.7. The quantitative estimate of drug-likeness (QED) is 0.426. The van der Waals surface area contributed by atoms with Crippen molar-refractivity contribution in [2.45, 2.75) is 26.2 Å². The fourth-order valence-corrected chi connectivity index (χ4v) is 0.713. The predicted molar refractivity (Wildman–Crippen MR) is 43.4 cm³/mol. The van der Waals surface area contributed by atoms with E-state index in [1.54, 1.807) is 7.05 Å². The summed E-state index contributed by atoms with van der Waals surface area (Å²) in [6.45, 7) is 2.84. The number of esters is 1. The maximum absolute atomic E-state index is 10.7. The van der Waals surface area contributed by atoms with E-state index in [-0.39, 0.29) is 12.5 Å². The van der Waals surface area contributed by atoms with Crippen LogP contribution in [0.2, 0.25) is 0 Å². The molecule has 3 nitrogen and oxygen atoms in total. The number of ether oxygens (including phenoxy) is 1. The minimum Gasteiger partial charge on any atom is -0.465 e. The van der Waals surface area contributed by atoms with Crippen LogP contribution in [0.4, 0.5) is 0 Å². The molecule has 3 heteroatoms. The minimum absolute atomic E-state index is 0.187. The van der Waals surface area contributed by atoms with Crippen LogP contribution in [-0.4, -0.2) is 26.2 Å². The van der Waals surface area contributed by atoms with E-state index in [0.29, 0.717) is 6.61 Å². The van der Waals surface area contributed by atoms with Crippen LogP contribution in [0.15, 0.2) is 0 Å². The van der Waals surface area contributed by atoms with Crippen molar-refractivity contribution in [1.82, 2.24) is 5.32 Å². The fraction of sp³-hybridized carbons (Fsp3) is 0.875. The number of carbonyl (C=O) groups excluding carboxylic acids is 1. The van der Waals surface area contributed by atoms with E-state index >= 15 is 0 Å². The normalized spacial score (nSPS) is 9.64. The third-order valence-electron chi connectivity index (χ3n) is 1.30. The lowest BCUT2D eigenvalue weighted by molar-refractivity contribution is -0.142. The SMILES string of the molecule is CCCCCOC(=O)C[N]C. The summed E-state index contributed by atoms with van der Waals surface area (Å²) in [5.74, 6) is -0.219. The van der Waals surface area contributed by atoms with Gasteiger partial charge in [-0.25, -0.2) is 5.32 Å². The van der Waals surface area contributed by atoms with Gasteiger partial charge in [-0.3, -0.25) is 4.79 Å². The van der Waals surface area contributed by atoms with E-state index in [1.165, 1.54) is 0 Å². The second-order valence-electron chi connectivity index (χ2n) is 2.40. The minimum atomic E-state index is -0.219. The number of likely N-dealkylation sites (N-methyl/N-ethyl adjacent to an activating group) is 1. The van der Waals surface area contributed by atoms with Gasteiger partial charge in [0.2, 0.25) is 0 Å². The lowest BCUT2D eigenvalue weighted by Crippen LogP contribution is -2.16. The Hall–Kier alpha value is -0.570. The van der Waals surface area contributed by atoms with Gasteiger partial charge in [0.15, 0.2) is 0 Å². The molecule has 0 saturated heterocycles. The van der Waals surface area contributed by atoms with Crippen LogP contribution in [-0.2, 0) is 9.53 Å². The Morgan fingerprint density at radius 2 is 2.18 bits per heavy atom. The number of hydrogen-bond donors (Lipinski definition) is 0. The highest BCUT2D eigenvalue weighted by atomic mass is 16.5. The van der Waals surface area contributed by atoms with E-state index in [1.807, 2.05) is 0 Å². The van der Waals surface area contributed by atoms with Crippen LogP contribution in [0.1, 0.15) is 26.2 Å². The highest BCUT2D eigenvalue weighted by molar-refractivity contribution is 5.71. The molecule has 0 unspecified atom stereocenters. The van der Waals surface area contributed by atoms with Crippen molar-refractivity contribution in [2.75, 3.05) is 20.2 Å². The van der Waals surface area contributed by atoms with Gasteiger partial charge in [-0.15, -0.1) is 0 Å². The molecule has 0 aromatic heterocycles. The summed E-state index contributed by atoms with van der Waals surface area (Å²) in [5.41, 5.74) is 0. The molecule has 0 fully saturated rings. The van der Waals surface area contributed by atoms with Crippen molar-refractivity contribution < 1.29 is 9.53 Å². The Labute approximate surface area is 68.1 Å². The average molecular weight is 158 g/mol. The second-order valence-corrected chi connectivity index (χ2v) is 2.40. The van der Waals surface area contributed by atoms with Gasteiger partial charge in [0.25, 0.3) is 0 Å². The van der Waals surface area contributed by atoms with Crippen LogP contribution in [0.25, 0.3) is 0 Å². The van der Waals surface area contributed by atoms with Crippen molar-refractivity contribution in [3.8, 4) is 0 Å². The van der Waals surface area contributed by atoms with Gasteiger partial charge < -0.3 is 4.74 Å². The first-order valence-electron chi connectivity index (χ1n) is 4.02. The van der Waals surface area contributed by atoms with Gasteiger partial charge in [0.05, 0.1) is 6.61 Å². The van der Waals surface area contributed by atoms with Gasteiger partial charge in [-0.2, -0.15) is 0 Å².